The molecule has 0 amide bonds. The van der Waals surface area contributed by atoms with Gasteiger partial charge >= 0.3 is 0 Å². The number of hydrogen-bond donors (Lipinski definition) is 0. The van der Waals surface area contributed by atoms with Gasteiger partial charge in [0.1, 0.15) is 0 Å². The second kappa shape index (κ2) is 7.16. The van der Waals surface area contributed by atoms with Gasteiger partial charge in [-0.3, -0.25) is 9.59 Å². The number of fused-ring (bicyclic) bond motifs is 2. The maximum absolute atomic E-state index is 12.5. The number of benzene rings is 2. The van der Waals surface area contributed by atoms with Crippen molar-refractivity contribution in [2.45, 2.75) is 0 Å². The maximum Gasteiger partial charge on any atom is 0.228 e. The molecule has 2 aliphatic carbocycles. The molecule has 4 rings (SSSR count). The normalized spacial score (nSPS) is 18.4. The van der Waals surface area contributed by atoms with Gasteiger partial charge in [0.2, 0.25) is 11.6 Å². The highest BCUT2D eigenvalue weighted by Gasteiger charge is 2.25. The first-order valence-electron chi connectivity index (χ1n) is 8.85. The summed E-state index contributed by atoms with van der Waals surface area (Å²) in [7, 11) is 2.98. The Labute approximate surface area is 163 Å². The highest BCUT2D eigenvalue weighted by Crippen LogP contribution is 2.32. The molecular weight excluding hydrogens is 352 g/mol. The van der Waals surface area contributed by atoms with E-state index >= 15 is 0 Å². The third kappa shape index (κ3) is 2.89. The molecule has 2 aromatic rings. The Morgan fingerprint density at radius 2 is 0.964 bits per heavy atom. The van der Waals surface area contributed by atoms with Crippen LogP contribution in [0.3, 0.4) is 0 Å². The molecule has 2 aliphatic rings. The minimum atomic E-state index is -0.127. The average Bonchev–Trinajstić information content (AvgIpc) is 2.75. The van der Waals surface area contributed by atoms with Crippen LogP contribution in [-0.2, 0) is 9.47 Å². The maximum atomic E-state index is 12.5. The summed E-state index contributed by atoms with van der Waals surface area (Å²) < 4.78 is 10.5. The lowest BCUT2D eigenvalue weighted by Crippen LogP contribution is -2.13. The second-order valence-electron chi connectivity index (χ2n) is 6.42. The van der Waals surface area contributed by atoms with E-state index in [0.29, 0.717) is 22.6 Å². The molecule has 0 N–H and O–H groups in total. The van der Waals surface area contributed by atoms with Gasteiger partial charge in [0.05, 0.1) is 14.2 Å². The zero-order valence-electron chi connectivity index (χ0n) is 15.6. The van der Waals surface area contributed by atoms with Crippen molar-refractivity contribution >= 4 is 22.7 Å². The third-order valence-electron chi connectivity index (χ3n) is 4.87. The highest BCUT2D eigenvalue weighted by molar-refractivity contribution is 6.16. The van der Waals surface area contributed by atoms with Crippen molar-refractivity contribution in [3.63, 3.8) is 0 Å². The molecule has 0 aromatic heterocycles. The number of ketones is 2. The summed E-state index contributed by atoms with van der Waals surface area (Å²) in [4.78, 5) is 25.0. The average molecular weight is 370 g/mol. The minimum Gasteiger partial charge on any atom is -0.493 e. The Bertz CT molecular complexity index is 1020. The molecule has 0 aliphatic heterocycles. The molecule has 4 nitrogen and oxygen atoms in total. The third-order valence-corrected chi connectivity index (χ3v) is 4.87. The Morgan fingerprint density at radius 3 is 1.32 bits per heavy atom. The van der Waals surface area contributed by atoms with Crippen molar-refractivity contribution < 1.29 is 19.1 Å². The lowest BCUT2D eigenvalue weighted by Gasteiger charge is -2.18. The van der Waals surface area contributed by atoms with Crippen LogP contribution < -0.4 is 0 Å². The minimum absolute atomic E-state index is 0.127. The van der Waals surface area contributed by atoms with Crippen LogP contribution in [0.2, 0.25) is 0 Å². The Kier molecular flexibility index (Phi) is 4.53. The van der Waals surface area contributed by atoms with E-state index in [2.05, 4.69) is 0 Å². The fraction of sp³-hybridized carbons (Fsp3) is 0.0833. The summed E-state index contributed by atoms with van der Waals surface area (Å²) in [6, 6.07) is 14.9. The first-order valence-corrected chi connectivity index (χ1v) is 8.85. The molecule has 28 heavy (non-hydrogen) atoms. The molecule has 0 radical (unpaired) electrons. The molecule has 0 heterocycles. The van der Waals surface area contributed by atoms with Crippen molar-refractivity contribution in [2.75, 3.05) is 14.2 Å². The molecule has 0 bridgehead atoms. The summed E-state index contributed by atoms with van der Waals surface area (Å²) in [6.45, 7) is 0. The number of ether oxygens (including phenoxy) is 2. The first-order chi connectivity index (χ1) is 13.6. The van der Waals surface area contributed by atoms with E-state index in [0.717, 1.165) is 22.3 Å². The van der Waals surface area contributed by atoms with E-state index in [1.807, 2.05) is 48.6 Å². The number of carbonyl (C=O) groups excluding carboxylic acids is 2. The van der Waals surface area contributed by atoms with Gasteiger partial charge in [-0.2, -0.15) is 0 Å². The predicted octanol–water partition coefficient (Wildman–Crippen LogP) is 4.61. The molecule has 2 aromatic carbocycles. The van der Waals surface area contributed by atoms with Crippen LogP contribution >= 0.6 is 0 Å². The van der Waals surface area contributed by atoms with Gasteiger partial charge in [-0.1, -0.05) is 60.7 Å². The van der Waals surface area contributed by atoms with E-state index in [9.17, 15) is 9.59 Å². The van der Waals surface area contributed by atoms with Gasteiger partial charge in [-0.25, -0.2) is 0 Å². The second-order valence-corrected chi connectivity index (χ2v) is 6.42. The van der Waals surface area contributed by atoms with E-state index in [1.165, 1.54) is 14.2 Å². The zero-order valence-corrected chi connectivity index (χ0v) is 15.6. The number of Topliss-reactive ketones (excluding diaryl/α,β-unsaturated/α-hetero) is 2. The summed E-state index contributed by atoms with van der Waals surface area (Å²) in [5.41, 5.74) is 4.64. The Balaban J connectivity index is 1.86. The first kappa shape index (κ1) is 17.7. The summed E-state index contributed by atoms with van der Waals surface area (Å²) in [5.74, 6) is 0.350. The van der Waals surface area contributed by atoms with Gasteiger partial charge in [0, 0.05) is 11.1 Å². The highest BCUT2D eigenvalue weighted by atomic mass is 16.5. The fourth-order valence-electron chi connectivity index (χ4n) is 3.46. The van der Waals surface area contributed by atoms with Crippen LogP contribution in [-0.4, -0.2) is 25.8 Å². The molecule has 4 heteroatoms. The van der Waals surface area contributed by atoms with Crippen LogP contribution in [0.15, 0.2) is 84.4 Å². The van der Waals surface area contributed by atoms with Crippen LogP contribution in [0.1, 0.15) is 31.8 Å². The zero-order chi connectivity index (χ0) is 19.7. The fourth-order valence-corrected chi connectivity index (χ4v) is 3.46. The van der Waals surface area contributed by atoms with E-state index in [4.69, 9.17) is 9.47 Å². The van der Waals surface area contributed by atoms with Crippen molar-refractivity contribution in [1.82, 2.24) is 0 Å². The van der Waals surface area contributed by atoms with Crippen molar-refractivity contribution in [1.29, 1.82) is 0 Å². The lowest BCUT2D eigenvalue weighted by molar-refractivity contribution is 0.0945. The molecule has 0 unspecified atom stereocenters. The topological polar surface area (TPSA) is 52.6 Å². The smallest absolute Gasteiger partial charge is 0.228 e. The number of rotatable bonds is 3. The van der Waals surface area contributed by atoms with Crippen molar-refractivity contribution in [3.05, 3.63) is 107 Å². The molecular formula is C24H18O4. The van der Waals surface area contributed by atoms with Crippen molar-refractivity contribution in [2.24, 2.45) is 0 Å². The Morgan fingerprint density at radius 1 is 0.607 bits per heavy atom. The van der Waals surface area contributed by atoms with Gasteiger partial charge in [-0.15, -0.1) is 0 Å². The van der Waals surface area contributed by atoms with E-state index in [-0.39, 0.29) is 11.6 Å². The van der Waals surface area contributed by atoms with Crippen molar-refractivity contribution in [3.8, 4) is 0 Å². The van der Waals surface area contributed by atoms with Gasteiger partial charge in [-0.05, 0) is 34.4 Å². The molecule has 0 atom stereocenters. The van der Waals surface area contributed by atoms with E-state index in [1.54, 1.807) is 24.3 Å². The standard InChI is InChI=1S/C24H18O4/c1-27-21-13-15(17-7-3-5-9-19(17)23(21)25)11-12-16-14-22(28-2)24(26)20-10-6-4-8-18(16)20/h3-14H,1-2H3. The largest absolute Gasteiger partial charge is 0.493 e. The quantitative estimate of drug-likeness (QED) is 0.792. The molecule has 0 fully saturated rings. The van der Waals surface area contributed by atoms with Crippen LogP contribution in [0.5, 0.6) is 0 Å². The van der Waals surface area contributed by atoms with Gasteiger partial charge in [0.25, 0.3) is 0 Å². The number of allylic oxidation sites excluding steroid dienone is 8. The molecule has 0 saturated carbocycles. The SMILES string of the molecule is COC1=CC(=CC=C2C=C(OC)C(=O)c3ccccc32)c2ccccc2C1=O. The summed E-state index contributed by atoms with van der Waals surface area (Å²) in [6.07, 6.45) is 7.33. The number of hydrogen-bond acceptors (Lipinski definition) is 4. The van der Waals surface area contributed by atoms with Gasteiger partial charge in [0.15, 0.2) is 11.5 Å². The Hall–Kier alpha value is -3.66. The monoisotopic (exact) mass is 370 g/mol. The predicted molar refractivity (Wildman–Crippen MR) is 108 cm³/mol. The molecule has 0 spiro atoms. The van der Waals surface area contributed by atoms with Crippen LogP contribution in [0.25, 0.3) is 11.1 Å². The number of carbonyl (C=O) groups is 2. The van der Waals surface area contributed by atoms with Crippen LogP contribution in [0.4, 0.5) is 0 Å². The molecule has 0 saturated heterocycles. The summed E-state index contributed by atoms with van der Waals surface area (Å²) >= 11 is 0. The van der Waals surface area contributed by atoms with Gasteiger partial charge < -0.3 is 9.47 Å². The van der Waals surface area contributed by atoms with Crippen LogP contribution in [0, 0.1) is 0 Å². The van der Waals surface area contributed by atoms with E-state index < -0.39 is 0 Å². The molecule has 138 valence electrons. The summed E-state index contributed by atoms with van der Waals surface area (Å²) in [5, 5.41) is 0. The lowest BCUT2D eigenvalue weighted by atomic mass is 9.88. The number of methoxy groups -OCH3 is 2.